The van der Waals surface area contributed by atoms with Gasteiger partial charge in [0.25, 0.3) is 0 Å². The minimum Gasteiger partial charge on any atom is -0.456 e. The summed E-state index contributed by atoms with van der Waals surface area (Å²) < 4.78 is 6.32. The van der Waals surface area contributed by atoms with Crippen molar-refractivity contribution in [2.45, 2.75) is 37.5 Å². The summed E-state index contributed by atoms with van der Waals surface area (Å²) in [7, 11) is 0. The lowest BCUT2D eigenvalue weighted by Crippen LogP contribution is -2.55. The monoisotopic (exact) mass is 655 g/mol. The van der Waals surface area contributed by atoms with Crippen molar-refractivity contribution in [3.63, 3.8) is 0 Å². The summed E-state index contributed by atoms with van der Waals surface area (Å²) in [5.41, 5.74) is 16.7. The molecule has 4 bridgehead atoms. The van der Waals surface area contributed by atoms with Gasteiger partial charge in [0.1, 0.15) is 11.2 Å². The molecule has 5 aliphatic carbocycles. The third-order valence-corrected chi connectivity index (χ3v) is 13.5. The van der Waals surface area contributed by atoms with Crippen molar-refractivity contribution in [3.05, 3.63) is 151 Å². The third-order valence-electron chi connectivity index (χ3n) is 13.5. The van der Waals surface area contributed by atoms with E-state index in [1.54, 1.807) is 11.1 Å². The van der Waals surface area contributed by atoms with Crippen molar-refractivity contribution in [1.29, 1.82) is 0 Å². The van der Waals surface area contributed by atoms with Gasteiger partial charge in [0.15, 0.2) is 0 Å². The highest BCUT2D eigenvalue weighted by Crippen LogP contribution is 2.69. The lowest BCUT2D eigenvalue weighted by molar-refractivity contribution is -0.0399. The highest BCUT2D eigenvalue weighted by Gasteiger charge is 2.61. The number of benzene rings is 6. The molecule has 2 aromatic heterocycles. The first-order chi connectivity index (χ1) is 25.2. The molecule has 0 unspecified atom stereocenters. The fourth-order valence-electron chi connectivity index (χ4n) is 11.7. The second kappa shape index (κ2) is 10.3. The van der Waals surface area contributed by atoms with Gasteiger partial charge in [-0.3, -0.25) is 4.98 Å². The second-order valence-electron chi connectivity index (χ2n) is 16.0. The summed E-state index contributed by atoms with van der Waals surface area (Å²) in [5.74, 6) is 3.29. The lowest BCUT2D eigenvalue weighted by atomic mass is 9.43. The first-order valence-corrected chi connectivity index (χ1v) is 18.9. The Hall–Kier alpha value is -5.47. The van der Waals surface area contributed by atoms with E-state index >= 15 is 0 Å². The van der Waals surface area contributed by atoms with Crippen LogP contribution in [0.15, 0.2) is 144 Å². The van der Waals surface area contributed by atoms with Crippen LogP contribution in [-0.2, 0) is 5.41 Å². The summed E-state index contributed by atoms with van der Waals surface area (Å²) in [4.78, 5) is 4.59. The van der Waals surface area contributed by atoms with E-state index in [1.807, 2.05) is 12.3 Å². The molecule has 6 aromatic carbocycles. The van der Waals surface area contributed by atoms with Crippen LogP contribution >= 0.6 is 0 Å². The van der Waals surface area contributed by atoms with Crippen LogP contribution in [0.2, 0.25) is 0 Å². The minimum atomic E-state index is 0.116. The number of aromatic nitrogens is 1. The average Bonchev–Trinajstić information content (AvgIpc) is 3.69. The number of pyridine rings is 1. The summed E-state index contributed by atoms with van der Waals surface area (Å²) in [6.07, 6.45) is 8.93. The van der Waals surface area contributed by atoms with E-state index in [9.17, 15) is 0 Å². The molecule has 2 heterocycles. The highest BCUT2D eigenvalue weighted by atomic mass is 16.3. The summed E-state index contributed by atoms with van der Waals surface area (Å²) >= 11 is 0. The predicted molar refractivity (Wildman–Crippen MR) is 209 cm³/mol. The van der Waals surface area contributed by atoms with Crippen LogP contribution in [0.1, 0.15) is 43.2 Å². The first kappa shape index (κ1) is 28.3. The van der Waals surface area contributed by atoms with E-state index in [2.05, 4.69) is 132 Å². The number of furan rings is 1. The maximum atomic E-state index is 6.32. The van der Waals surface area contributed by atoms with Crippen molar-refractivity contribution in [2.75, 3.05) is 0 Å². The molecule has 2 heteroatoms. The Labute approximate surface area is 297 Å². The van der Waals surface area contributed by atoms with Crippen LogP contribution in [0.5, 0.6) is 0 Å². The molecular formula is C49H37NO. The fraction of sp³-hybridized carbons (Fsp3) is 0.204. The Kier molecular flexibility index (Phi) is 5.70. The molecule has 8 aromatic rings. The molecule has 0 aliphatic heterocycles. The van der Waals surface area contributed by atoms with Gasteiger partial charge in [-0.25, -0.2) is 0 Å². The first-order valence-electron chi connectivity index (χ1n) is 18.9. The van der Waals surface area contributed by atoms with Gasteiger partial charge in [0.05, 0.1) is 5.52 Å². The molecular weight excluding hydrogens is 619 g/mol. The molecule has 0 radical (unpaired) electrons. The molecule has 5 aliphatic rings. The van der Waals surface area contributed by atoms with E-state index < -0.39 is 0 Å². The molecule has 0 saturated heterocycles. The van der Waals surface area contributed by atoms with E-state index in [0.717, 1.165) is 40.4 Å². The van der Waals surface area contributed by atoms with Crippen molar-refractivity contribution >= 4 is 32.8 Å². The average molecular weight is 656 g/mol. The molecule has 1 spiro atoms. The molecule has 0 atom stereocenters. The van der Waals surface area contributed by atoms with Crippen LogP contribution in [0, 0.1) is 23.7 Å². The van der Waals surface area contributed by atoms with Crippen LogP contribution in [0.4, 0.5) is 0 Å². The van der Waals surface area contributed by atoms with Gasteiger partial charge >= 0.3 is 0 Å². The fourth-order valence-corrected chi connectivity index (χ4v) is 11.7. The smallest absolute Gasteiger partial charge is 0.136 e. The number of para-hydroxylation sites is 2. The van der Waals surface area contributed by atoms with E-state index in [4.69, 9.17) is 4.42 Å². The Morgan fingerprint density at radius 3 is 1.94 bits per heavy atom. The quantitative estimate of drug-likeness (QED) is 0.189. The number of nitrogens with zero attached hydrogens (tertiary/aromatic N) is 1. The molecule has 13 rings (SSSR count). The molecule has 51 heavy (non-hydrogen) atoms. The summed E-state index contributed by atoms with van der Waals surface area (Å²) in [5, 5.41) is 3.56. The van der Waals surface area contributed by atoms with E-state index in [-0.39, 0.29) is 5.41 Å². The van der Waals surface area contributed by atoms with Crippen molar-refractivity contribution in [2.24, 2.45) is 23.7 Å². The van der Waals surface area contributed by atoms with Crippen LogP contribution in [0.25, 0.3) is 77.3 Å². The molecule has 244 valence electrons. The molecule has 0 N–H and O–H groups in total. The second-order valence-corrected chi connectivity index (χ2v) is 16.0. The zero-order valence-electron chi connectivity index (χ0n) is 28.5. The maximum Gasteiger partial charge on any atom is 0.136 e. The number of rotatable bonds is 3. The van der Waals surface area contributed by atoms with Crippen molar-refractivity contribution in [3.8, 4) is 44.5 Å². The van der Waals surface area contributed by atoms with Gasteiger partial charge in [0, 0.05) is 27.8 Å². The summed E-state index contributed by atoms with van der Waals surface area (Å²) in [6.45, 7) is 0. The number of hydrogen-bond acceptors (Lipinski definition) is 2. The highest BCUT2D eigenvalue weighted by molar-refractivity contribution is 6.06. The zero-order chi connectivity index (χ0) is 33.3. The third kappa shape index (κ3) is 3.91. The Morgan fingerprint density at radius 1 is 0.451 bits per heavy atom. The Balaban J connectivity index is 0.990. The number of fused-ring (bicyclic) bond motifs is 7. The topological polar surface area (TPSA) is 26.0 Å². The molecule has 4 fully saturated rings. The van der Waals surface area contributed by atoms with Gasteiger partial charge in [-0.2, -0.15) is 0 Å². The largest absolute Gasteiger partial charge is 0.456 e. The van der Waals surface area contributed by atoms with Crippen LogP contribution in [-0.4, -0.2) is 4.98 Å². The van der Waals surface area contributed by atoms with Crippen LogP contribution < -0.4 is 0 Å². The maximum absolute atomic E-state index is 6.32. The van der Waals surface area contributed by atoms with E-state index in [0.29, 0.717) is 0 Å². The molecule has 4 saturated carbocycles. The normalized spacial score (nSPS) is 24.2. The van der Waals surface area contributed by atoms with Crippen molar-refractivity contribution in [1.82, 2.24) is 4.98 Å². The molecule has 2 nitrogen and oxygen atoms in total. The van der Waals surface area contributed by atoms with Crippen LogP contribution in [0.3, 0.4) is 0 Å². The van der Waals surface area contributed by atoms with Gasteiger partial charge in [-0.1, -0.05) is 91.0 Å². The van der Waals surface area contributed by atoms with Gasteiger partial charge in [-0.05, 0) is 154 Å². The number of hydrogen-bond donors (Lipinski definition) is 0. The standard InChI is InChI=1S/C49H37NO/c1-3-7-46-40(5-1)38(19-20-50-46)32-11-9-31(10-12-32)34-13-16-39-43-26-33(35-14-17-42-41-6-2-4-8-47(41)51-48(42)28-35)15-18-44(43)49(45(39)27-34)36-22-29-21-30(24-36)25-37(49)23-29/h1-20,26-30,36-37H,21-25H2. The lowest BCUT2D eigenvalue weighted by Gasteiger charge is -2.61. The van der Waals surface area contributed by atoms with Crippen molar-refractivity contribution < 1.29 is 4.42 Å². The zero-order valence-corrected chi connectivity index (χ0v) is 28.5. The van der Waals surface area contributed by atoms with Gasteiger partial charge in [0.2, 0.25) is 0 Å². The SMILES string of the molecule is c1ccc2c(-c3ccc(-c4ccc5c(c4)C4(c6ccc(-c7ccc8c(c7)oc7ccccc78)cc6-5)C5CC6CC(C5)CC4C6)cc3)ccnc2c1. The predicted octanol–water partition coefficient (Wildman–Crippen LogP) is 12.9. The summed E-state index contributed by atoms with van der Waals surface area (Å²) in [6, 6.07) is 49.8. The van der Waals surface area contributed by atoms with Gasteiger partial charge in [-0.15, -0.1) is 0 Å². The Bertz CT molecular complexity index is 2680. The molecule has 0 amide bonds. The van der Waals surface area contributed by atoms with E-state index in [1.165, 1.54) is 92.8 Å². The minimum absolute atomic E-state index is 0.116. The van der Waals surface area contributed by atoms with Gasteiger partial charge < -0.3 is 4.42 Å². The Morgan fingerprint density at radius 2 is 1.10 bits per heavy atom.